The van der Waals surface area contributed by atoms with Crippen molar-refractivity contribution in [3.05, 3.63) is 39.3 Å². The average molecular weight is 317 g/mol. The van der Waals surface area contributed by atoms with Crippen LogP contribution in [-0.2, 0) is 4.79 Å². The summed E-state index contributed by atoms with van der Waals surface area (Å²) in [5.74, 6) is -1.98. The maximum atomic E-state index is 12.4. The zero-order chi connectivity index (χ0) is 15.4. The maximum absolute atomic E-state index is 12.4. The van der Waals surface area contributed by atoms with E-state index in [1.807, 2.05) is 0 Å². The molecule has 108 valence electrons. The number of aromatic nitrogens is 1. The molecule has 0 bridgehead atoms. The molecule has 0 atom stereocenters. The Morgan fingerprint density at radius 3 is 2.30 bits per heavy atom. The van der Waals surface area contributed by atoms with E-state index in [4.69, 9.17) is 23.2 Å². The number of carbonyl (C=O) groups excluding carboxylic acids is 1. The minimum absolute atomic E-state index is 0.0151. The van der Waals surface area contributed by atoms with Crippen molar-refractivity contribution in [2.45, 2.75) is 13.3 Å². The number of rotatable bonds is 5. The van der Waals surface area contributed by atoms with Gasteiger partial charge in [-0.25, -0.2) is 9.78 Å². The molecular weight excluding hydrogens is 303 g/mol. The summed E-state index contributed by atoms with van der Waals surface area (Å²) in [6.07, 6.45) is 0.402. The minimum atomic E-state index is -1.30. The highest BCUT2D eigenvalue weighted by atomic mass is 35.5. The Hall–Kier alpha value is -1.59. The van der Waals surface area contributed by atoms with Crippen molar-refractivity contribution >= 4 is 35.0 Å². The molecule has 0 aliphatic carbocycles. The number of halogens is 2. The van der Waals surface area contributed by atoms with Gasteiger partial charge >= 0.3 is 5.97 Å². The molecule has 1 rings (SSSR count). The molecule has 20 heavy (non-hydrogen) atoms. The molecule has 0 radical (unpaired) electrons. The second-order valence-corrected chi connectivity index (χ2v) is 4.92. The van der Waals surface area contributed by atoms with Gasteiger partial charge in [0, 0.05) is 19.8 Å². The number of nitrogens with zero attached hydrogens (tertiary/aromatic N) is 2. The Labute approximate surface area is 126 Å². The second-order valence-electron chi connectivity index (χ2n) is 4.18. The van der Waals surface area contributed by atoms with E-state index in [9.17, 15) is 14.7 Å². The zero-order valence-electron chi connectivity index (χ0n) is 11.3. The number of aliphatic carboxylic acids is 1. The predicted octanol–water partition coefficient (Wildman–Crippen LogP) is 2.88. The van der Waals surface area contributed by atoms with Gasteiger partial charge in [-0.1, -0.05) is 30.1 Å². The molecule has 0 fully saturated rings. The molecule has 0 unspecified atom stereocenters. The summed E-state index contributed by atoms with van der Waals surface area (Å²) in [4.78, 5) is 29.1. The number of pyridine rings is 1. The van der Waals surface area contributed by atoms with E-state index in [0.717, 1.165) is 0 Å². The van der Waals surface area contributed by atoms with Crippen LogP contribution in [0.4, 0.5) is 0 Å². The summed E-state index contributed by atoms with van der Waals surface area (Å²) >= 11 is 11.5. The molecule has 1 aromatic rings. The normalized spacial score (nSPS) is 11.8. The van der Waals surface area contributed by atoms with E-state index in [-0.39, 0.29) is 21.4 Å². The van der Waals surface area contributed by atoms with Crippen LogP contribution in [0.3, 0.4) is 0 Å². The average Bonchev–Trinajstić information content (AvgIpc) is 2.33. The fraction of sp³-hybridized carbons (Fsp3) is 0.308. The number of Topliss-reactive ketones (excluding diaryl/α,β-unsaturated/α-hetero) is 1. The molecule has 0 spiro atoms. The summed E-state index contributed by atoms with van der Waals surface area (Å²) in [5.41, 5.74) is 0.110. The van der Waals surface area contributed by atoms with Crippen LogP contribution in [0.25, 0.3) is 0 Å². The lowest BCUT2D eigenvalue weighted by Crippen LogP contribution is -2.22. The topological polar surface area (TPSA) is 70.5 Å². The van der Waals surface area contributed by atoms with E-state index in [1.54, 1.807) is 25.9 Å². The first-order valence-corrected chi connectivity index (χ1v) is 6.55. The van der Waals surface area contributed by atoms with E-state index in [2.05, 4.69) is 4.98 Å². The lowest BCUT2D eigenvalue weighted by molar-refractivity contribution is -0.132. The van der Waals surface area contributed by atoms with Gasteiger partial charge in [-0.05, 0) is 18.6 Å². The summed E-state index contributed by atoms with van der Waals surface area (Å²) in [7, 11) is 3.35. The van der Waals surface area contributed by atoms with Crippen molar-refractivity contribution in [1.82, 2.24) is 9.88 Å². The lowest BCUT2D eigenvalue weighted by Gasteiger charge is -2.18. The Kier molecular flexibility index (Phi) is 5.53. The van der Waals surface area contributed by atoms with Crippen molar-refractivity contribution in [3.63, 3.8) is 0 Å². The maximum Gasteiger partial charge on any atom is 0.341 e. The zero-order valence-corrected chi connectivity index (χ0v) is 12.8. The van der Waals surface area contributed by atoms with Gasteiger partial charge in [-0.15, -0.1) is 0 Å². The first kappa shape index (κ1) is 16.5. The van der Waals surface area contributed by atoms with Crippen LogP contribution in [0, 0.1) is 0 Å². The third-order valence-corrected chi connectivity index (χ3v) is 3.16. The van der Waals surface area contributed by atoms with Crippen LogP contribution in [0.2, 0.25) is 10.3 Å². The molecule has 1 aromatic heterocycles. The Bertz CT molecular complexity index is 583. The van der Waals surface area contributed by atoms with Gasteiger partial charge in [-0.3, -0.25) is 4.79 Å². The molecule has 0 saturated heterocycles. The number of hydrogen-bond donors (Lipinski definition) is 1. The highest BCUT2D eigenvalue weighted by Gasteiger charge is 2.26. The second kappa shape index (κ2) is 6.72. The number of ketones is 1. The Morgan fingerprint density at radius 2 is 1.90 bits per heavy atom. The van der Waals surface area contributed by atoms with Crippen LogP contribution >= 0.6 is 23.2 Å². The number of carboxylic acids is 1. The SMILES string of the molecule is CCC(=C(C(=O)O)C(=O)c1ccc(Cl)nc1Cl)N(C)C. The quantitative estimate of drug-likeness (QED) is 0.297. The molecule has 5 nitrogen and oxygen atoms in total. The number of carbonyl (C=O) groups is 2. The minimum Gasteiger partial charge on any atom is -0.477 e. The molecule has 0 aliphatic heterocycles. The van der Waals surface area contributed by atoms with Gasteiger partial charge in [0.2, 0.25) is 5.78 Å². The van der Waals surface area contributed by atoms with Gasteiger partial charge in [0.1, 0.15) is 15.9 Å². The van der Waals surface area contributed by atoms with Crippen LogP contribution in [0.5, 0.6) is 0 Å². The highest BCUT2D eigenvalue weighted by Crippen LogP contribution is 2.23. The third-order valence-electron chi connectivity index (χ3n) is 2.66. The molecule has 0 aromatic carbocycles. The molecule has 0 saturated carbocycles. The van der Waals surface area contributed by atoms with Crippen LogP contribution in [0.15, 0.2) is 23.4 Å². The van der Waals surface area contributed by atoms with Gasteiger partial charge < -0.3 is 10.0 Å². The van der Waals surface area contributed by atoms with Crippen LogP contribution < -0.4 is 0 Å². The number of carboxylic acid groups (broad SMARTS) is 1. The van der Waals surface area contributed by atoms with Crippen LogP contribution in [0.1, 0.15) is 23.7 Å². The molecule has 0 aliphatic rings. The smallest absolute Gasteiger partial charge is 0.341 e. The van der Waals surface area contributed by atoms with Crippen molar-refractivity contribution in [2.75, 3.05) is 14.1 Å². The Morgan fingerprint density at radius 1 is 1.30 bits per heavy atom. The number of allylic oxidation sites excluding steroid dienone is 1. The molecule has 0 amide bonds. The van der Waals surface area contributed by atoms with E-state index in [1.165, 1.54) is 12.1 Å². The standard InChI is InChI=1S/C13H14Cl2N2O3/c1-4-8(17(2)3)10(13(19)20)11(18)7-5-6-9(14)16-12(7)15/h5-6H,4H2,1-3H3,(H,19,20). The molecule has 7 heteroatoms. The molecule has 1 heterocycles. The van der Waals surface area contributed by atoms with Crippen molar-refractivity contribution in [2.24, 2.45) is 0 Å². The van der Waals surface area contributed by atoms with Crippen molar-refractivity contribution in [3.8, 4) is 0 Å². The molecular formula is C13H14Cl2N2O3. The van der Waals surface area contributed by atoms with E-state index >= 15 is 0 Å². The summed E-state index contributed by atoms with van der Waals surface area (Å²) in [6, 6.07) is 2.76. The van der Waals surface area contributed by atoms with E-state index in [0.29, 0.717) is 12.1 Å². The largest absolute Gasteiger partial charge is 0.477 e. The van der Waals surface area contributed by atoms with Gasteiger partial charge in [0.25, 0.3) is 0 Å². The lowest BCUT2D eigenvalue weighted by atomic mass is 10.0. The highest BCUT2D eigenvalue weighted by molar-refractivity contribution is 6.37. The van der Waals surface area contributed by atoms with Gasteiger partial charge in [-0.2, -0.15) is 0 Å². The molecule has 1 N–H and O–H groups in total. The fourth-order valence-electron chi connectivity index (χ4n) is 1.78. The van der Waals surface area contributed by atoms with Crippen molar-refractivity contribution in [1.29, 1.82) is 0 Å². The predicted molar refractivity (Wildman–Crippen MR) is 77.2 cm³/mol. The summed E-state index contributed by atoms with van der Waals surface area (Å²) in [5, 5.41) is 9.33. The van der Waals surface area contributed by atoms with E-state index < -0.39 is 11.8 Å². The summed E-state index contributed by atoms with van der Waals surface area (Å²) in [6.45, 7) is 1.77. The first-order valence-electron chi connectivity index (χ1n) is 5.80. The van der Waals surface area contributed by atoms with Gasteiger partial charge in [0.15, 0.2) is 0 Å². The van der Waals surface area contributed by atoms with Crippen molar-refractivity contribution < 1.29 is 14.7 Å². The Balaban J connectivity index is 3.43. The summed E-state index contributed by atoms with van der Waals surface area (Å²) < 4.78 is 0. The van der Waals surface area contributed by atoms with Gasteiger partial charge in [0.05, 0.1) is 5.56 Å². The number of hydrogen-bond acceptors (Lipinski definition) is 4. The van der Waals surface area contributed by atoms with Crippen LogP contribution in [-0.4, -0.2) is 40.8 Å². The third kappa shape index (κ3) is 3.49. The fourth-order valence-corrected chi connectivity index (χ4v) is 2.22. The monoisotopic (exact) mass is 316 g/mol. The first-order chi connectivity index (χ1) is 9.29.